The molecule has 16 heavy (non-hydrogen) atoms. The van der Waals surface area contributed by atoms with E-state index in [4.69, 9.17) is 4.42 Å². The molecule has 1 N–H and O–H groups in total. The Bertz CT molecular complexity index is 810. The fourth-order valence-electron chi connectivity index (χ4n) is 2.15. The van der Waals surface area contributed by atoms with Gasteiger partial charge in [0.05, 0.1) is 17.4 Å². The molecule has 4 aromatic rings. The predicted molar refractivity (Wildman–Crippen MR) is 63.4 cm³/mol. The van der Waals surface area contributed by atoms with E-state index in [0.717, 1.165) is 33.0 Å². The van der Waals surface area contributed by atoms with Gasteiger partial charge in [-0.25, -0.2) is 4.98 Å². The Morgan fingerprint density at radius 2 is 1.94 bits per heavy atom. The van der Waals surface area contributed by atoms with Gasteiger partial charge in [-0.05, 0) is 12.1 Å². The first-order valence-electron chi connectivity index (χ1n) is 5.16. The molecule has 0 saturated carbocycles. The van der Waals surface area contributed by atoms with Crippen molar-refractivity contribution >= 4 is 33.0 Å². The lowest BCUT2D eigenvalue weighted by atomic mass is 10.1. The van der Waals surface area contributed by atoms with Gasteiger partial charge in [-0.1, -0.05) is 18.2 Å². The summed E-state index contributed by atoms with van der Waals surface area (Å²) < 4.78 is 5.78. The number of rotatable bonds is 0. The zero-order valence-corrected chi connectivity index (χ0v) is 8.40. The highest BCUT2D eigenvalue weighted by Crippen LogP contribution is 2.30. The summed E-state index contributed by atoms with van der Waals surface area (Å²) in [5.74, 6) is 0. The molecule has 3 nitrogen and oxygen atoms in total. The summed E-state index contributed by atoms with van der Waals surface area (Å²) in [6, 6.07) is 12.1. The second kappa shape index (κ2) is 2.64. The fourth-order valence-corrected chi connectivity index (χ4v) is 2.15. The maximum absolute atomic E-state index is 5.78. The third-order valence-electron chi connectivity index (χ3n) is 2.92. The van der Waals surface area contributed by atoms with Gasteiger partial charge in [0.2, 0.25) is 0 Å². The van der Waals surface area contributed by atoms with Crippen molar-refractivity contribution in [1.29, 1.82) is 0 Å². The number of para-hydroxylation sites is 1. The van der Waals surface area contributed by atoms with Crippen LogP contribution in [0, 0.1) is 0 Å². The van der Waals surface area contributed by atoms with E-state index in [-0.39, 0.29) is 0 Å². The van der Waals surface area contributed by atoms with Gasteiger partial charge in [0, 0.05) is 16.8 Å². The molecule has 76 valence electrons. The van der Waals surface area contributed by atoms with Crippen molar-refractivity contribution in [2.24, 2.45) is 0 Å². The second-order valence-corrected chi connectivity index (χ2v) is 3.87. The SMILES string of the molecule is c1ccc2c(c1)oc1cc3nc[nH]c3cc12. The Labute approximate surface area is 90.7 Å². The van der Waals surface area contributed by atoms with Crippen LogP contribution in [0.1, 0.15) is 0 Å². The van der Waals surface area contributed by atoms with E-state index in [1.54, 1.807) is 6.33 Å². The van der Waals surface area contributed by atoms with Crippen molar-refractivity contribution < 1.29 is 4.42 Å². The summed E-state index contributed by atoms with van der Waals surface area (Å²) in [5.41, 5.74) is 3.79. The lowest BCUT2D eigenvalue weighted by Gasteiger charge is -1.89. The van der Waals surface area contributed by atoms with E-state index in [2.05, 4.69) is 22.1 Å². The topological polar surface area (TPSA) is 41.8 Å². The first kappa shape index (κ1) is 7.93. The average molecular weight is 208 g/mol. The molecular weight excluding hydrogens is 200 g/mol. The van der Waals surface area contributed by atoms with E-state index in [9.17, 15) is 0 Å². The number of benzene rings is 2. The smallest absolute Gasteiger partial charge is 0.137 e. The van der Waals surface area contributed by atoms with E-state index in [1.165, 1.54) is 0 Å². The third-order valence-corrected chi connectivity index (χ3v) is 2.92. The van der Waals surface area contributed by atoms with E-state index >= 15 is 0 Å². The molecule has 3 heteroatoms. The minimum atomic E-state index is 0.890. The molecule has 0 aliphatic carbocycles. The van der Waals surface area contributed by atoms with Crippen molar-refractivity contribution in [3.05, 3.63) is 42.7 Å². The second-order valence-electron chi connectivity index (χ2n) is 3.87. The summed E-state index contributed by atoms with van der Waals surface area (Å²) in [6.45, 7) is 0. The molecular formula is C13H8N2O. The van der Waals surface area contributed by atoms with E-state index in [0.29, 0.717) is 0 Å². The zero-order chi connectivity index (χ0) is 10.5. The van der Waals surface area contributed by atoms with Crippen molar-refractivity contribution in [2.45, 2.75) is 0 Å². The van der Waals surface area contributed by atoms with Gasteiger partial charge < -0.3 is 9.40 Å². The number of fused-ring (bicyclic) bond motifs is 4. The Morgan fingerprint density at radius 3 is 2.94 bits per heavy atom. The number of imidazole rings is 1. The summed E-state index contributed by atoms with van der Waals surface area (Å²) in [7, 11) is 0. The maximum Gasteiger partial charge on any atom is 0.137 e. The predicted octanol–water partition coefficient (Wildman–Crippen LogP) is 3.46. The number of H-pyrrole nitrogens is 1. The molecule has 0 unspecified atom stereocenters. The standard InChI is InChI=1S/C13H8N2O/c1-2-4-12-8(3-1)9-5-10-11(15-7-14-10)6-13(9)16-12/h1-7H,(H,14,15). The number of hydrogen-bond acceptors (Lipinski definition) is 2. The Hall–Kier alpha value is -2.29. The maximum atomic E-state index is 5.78. The van der Waals surface area contributed by atoms with Crippen LogP contribution in [0.15, 0.2) is 47.1 Å². The summed E-state index contributed by atoms with van der Waals surface area (Å²) in [6.07, 6.45) is 1.70. The number of nitrogens with zero attached hydrogens (tertiary/aromatic N) is 1. The van der Waals surface area contributed by atoms with Crippen LogP contribution in [0.4, 0.5) is 0 Å². The summed E-state index contributed by atoms with van der Waals surface area (Å²) in [5, 5.41) is 2.28. The minimum absolute atomic E-state index is 0.890. The Kier molecular flexibility index (Phi) is 1.31. The third kappa shape index (κ3) is 0.896. The largest absolute Gasteiger partial charge is 0.456 e. The molecule has 0 amide bonds. The Balaban J connectivity index is 2.32. The van der Waals surface area contributed by atoms with E-state index < -0.39 is 0 Å². The van der Waals surface area contributed by atoms with Crippen molar-refractivity contribution in [3.8, 4) is 0 Å². The molecule has 0 bridgehead atoms. The van der Waals surface area contributed by atoms with E-state index in [1.807, 2.05) is 24.3 Å². The van der Waals surface area contributed by atoms with Crippen LogP contribution in [0.2, 0.25) is 0 Å². The van der Waals surface area contributed by atoms with Crippen molar-refractivity contribution in [1.82, 2.24) is 9.97 Å². The molecule has 0 aliphatic rings. The summed E-state index contributed by atoms with van der Waals surface area (Å²) >= 11 is 0. The number of hydrogen-bond donors (Lipinski definition) is 1. The normalized spacial score (nSPS) is 11.8. The van der Waals surface area contributed by atoms with Gasteiger partial charge in [-0.15, -0.1) is 0 Å². The first-order chi connectivity index (χ1) is 7.92. The van der Waals surface area contributed by atoms with Crippen LogP contribution in [0.25, 0.3) is 33.0 Å². The fraction of sp³-hybridized carbons (Fsp3) is 0. The molecule has 0 radical (unpaired) electrons. The summed E-state index contributed by atoms with van der Waals surface area (Å²) in [4.78, 5) is 7.34. The van der Waals surface area contributed by atoms with Crippen LogP contribution >= 0.6 is 0 Å². The molecule has 2 aromatic carbocycles. The van der Waals surface area contributed by atoms with Crippen molar-refractivity contribution in [2.75, 3.05) is 0 Å². The van der Waals surface area contributed by atoms with Gasteiger partial charge in [0.25, 0.3) is 0 Å². The van der Waals surface area contributed by atoms with Gasteiger partial charge in [-0.3, -0.25) is 0 Å². The highest BCUT2D eigenvalue weighted by molar-refractivity contribution is 6.08. The monoisotopic (exact) mass is 208 g/mol. The highest BCUT2D eigenvalue weighted by atomic mass is 16.3. The Morgan fingerprint density at radius 1 is 1.00 bits per heavy atom. The lowest BCUT2D eigenvalue weighted by Crippen LogP contribution is -1.69. The quantitative estimate of drug-likeness (QED) is 0.480. The van der Waals surface area contributed by atoms with Crippen LogP contribution in [-0.2, 0) is 0 Å². The molecule has 0 fully saturated rings. The number of aromatic amines is 1. The van der Waals surface area contributed by atoms with Crippen LogP contribution in [-0.4, -0.2) is 9.97 Å². The zero-order valence-electron chi connectivity index (χ0n) is 8.40. The average Bonchev–Trinajstić information content (AvgIpc) is 2.88. The highest BCUT2D eigenvalue weighted by Gasteiger charge is 2.08. The van der Waals surface area contributed by atoms with Gasteiger partial charge in [-0.2, -0.15) is 0 Å². The lowest BCUT2D eigenvalue weighted by molar-refractivity contribution is 0.669. The van der Waals surface area contributed by atoms with Crippen LogP contribution in [0.3, 0.4) is 0 Å². The van der Waals surface area contributed by atoms with Crippen LogP contribution in [0.5, 0.6) is 0 Å². The molecule has 4 rings (SSSR count). The van der Waals surface area contributed by atoms with Crippen LogP contribution < -0.4 is 0 Å². The molecule has 0 spiro atoms. The number of nitrogens with one attached hydrogen (secondary N) is 1. The molecule has 2 heterocycles. The van der Waals surface area contributed by atoms with Gasteiger partial charge in [0.15, 0.2) is 0 Å². The molecule has 2 aromatic heterocycles. The molecule has 0 saturated heterocycles. The molecule has 0 atom stereocenters. The van der Waals surface area contributed by atoms with Gasteiger partial charge in [0.1, 0.15) is 11.2 Å². The van der Waals surface area contributed by atoms with Crippen molar-refractivity contribution in [3.63, 3.8) is 0 Å². The first-order valence-corrected chi connectivity index (χ1v) is 5.16. The number of furan rings is 1. The van der Waals surface area contributed by atoms with Gasteiger partial charge >= 0.3 is 0 Å². The molecule has 0 aliphatic heterocycles. The minimum Gasteiger partial charge on any atom is -0.456 e. The number of aromatic nitrogens is 2.